The van der Waals surface area contributed by atoms with Gasteiger partial charge in [0.25, 0.3) is 5.91 Å². The highest BCUT2D eigenvalue weighted by Crippen LogP contribution is 2.13. The van der Waals surface area contributed by atoms with Gasteiger partial charge in [-0.25, -0.2) is 0 Å². The van der Waals surface area contributed by atoms with Gasteiger partial charge in [0.2, 0.25) is 0 Å². The van der Waals surface area contributed by atoms with Crippen LogP contribution in [0.2, 0.25) is 0 Å². The van der Waals surface area contributed by atoms with Crippen molar-refractivity contribution < 1.29 is 4.79 Å². The fraction of sp³-hybridized carbons (Fsp3) is 0.538. The number of hydrogen-bond donors (Lipinski definition) is 2. The van der Waals surface area contributed by atoms with Gasteiger partial charge in [-0.05, 0) is 38.3 Å². The van der Waals surface area contributed by atoms with Gasteiger partial charge in [-0.2, -0.15) is 11.8 Å². The molecule has 1 unspecified atom stereocenters. The molecular weight excluding hydrogens is 246 g/mol. The predicted molar refractivity (Wildman–Crippen MR) is 78.3 cm³/mol. The maximum Gasteiger partial charge on any atom is 0.253 e. The van der Waals surface area contributed by atoms with E-state index in [2.05, 4.69) is 21.9 Å². The van der Waals surface area contributed by atoms with Crippen molar-refractivity contribution in [3.05, 3.63) is 24.0 Å². The van der Waals surface area contributed by atoms with Crippen molar-refractivity contribution in [2.75, 3.05) is 23.9 Å². The Morgan fingerprint density at radius 2 is 2.33 bits per heavy atom. The van der Waals surface area contributed by atoms with E-state index in [0.717, 1.165) is 24.4 Å². The molecule has 0 aliphatic rings. The Hall–Kier alpha value is -1.23. The van der Waals surface area contributed by atoms with Crippen LogP contribution in [-0.4, -0.2) is 35.5 Å². The summed E-state index contributed by atoms with van der Waals surface area (Å²) in [5.41, 5.74) is 1.44. The van der Waals surface area contributed by atoms with Crippen molar-refractivity contribution in [2.24, 2.45) is 0 Å². The number of hydrogen-bond acceptors (Lipinski definition) is 4. The van der Waals surface area contributed by atoms with Crippen LogP contribution in [0.5, 0.6) is 0 Å². The van der Waals surface area contributed by atoms with Gasteiger partial charge in [0.15, 0.2) is 0 Å². The zero-order chi connectivity index (χ0) is 13.4. The molecule has 1 amide bonds. The van der Waals surface area contributed by atoms with Gasteiger partial charge in [0, 0.05) is 18.8 Å². The summed E-state index contributed by atoms with van der Waals surface area (Å²) < 4.78 is 0. The normalized spacial score (nSPS) is 11.9. The van der Waals surface area contributed by atoms with Gasteiger partial charge in [-0.3, -0.25) is 9.78 Å². The number of carbonyl (C=O) groups excluding carboxylic acids is 1. The minimum atomic E-state index is -0.0399. The van der Waals surface area contributed by atoms with Gasteiger partial charge in [-0.15, -0.1) is 0 Å². The summed E-state index contributed by atoms with van der Waals surface area (Å²) in [6, 6.07) is 1.93. The summed E-state index contributed by atoms with van der Waals surface area (Å²) in [4.78, 5) is 16.2. The molecule has 0 saturated heterocycles. The molecule has 18 heavy (non-hydrogen) atoms. The van der Waals surface area contributed by atoms with E-state index >= 15 is 0 Å². The topological polar surface area (TPSA) is 54.0 Å². The first-order valence-electron chi connectivity index (χ1n) is 6.16. The number of amides is 1. The third-order valence-electron chi connectivity index (χ3n) is 2.57. The Morgan fingerprint density at radius 3 is 3.00 bits per heavy atom. The quantitative estimate of drug-likeness (QED) is 0.796. The molecule has 0 bridgehead atoms. The lowest BCUT2D eigenvalue weighted by Gasteiger charge is -2.15. The van der Waals surface area contributed by atoms with Crippen molar-refractivity contribution in [3.63, 3.8) is 0 Å². The van der Waals surface area contributed by atoms with Crippen LogP contribution in [0.25, 0.3) is 0 Å². The Balaban J connectivity index is 2.65. The summed E-state index contributed by atoms with van der Waals surface area (Å²) >= 11 is 1.79. The summed E-state index contributed by atoms with van der Waals surface area (Å²) in [6.45, 7) is 4.80. The average Bonchev–Trinajstić information content (AvgIpc) is 2.37. The molecule has 100 valence electrons. The number of nitrogens with zero attached hydrogens (tertiary/aromatic N) is 1. The second-order valence-electron chi connectivity index (χ2n) is 4.11. The molecule has 0 saturated carbocycles. The van der Waals surface area contributed by atoms with Gasteiger partial charge in [0.05, 0.1) is 17.4 Å². The maximum atomic E-state index is 12.1. The number of aromatic nitrogens is 1. The van der Waals surface area contributed by atoms with Crippen LogP contribution in [0.1, 0.15) is 30.6 Å². The van der Waals surface area contributed by atoms with E-state index < -0.39 is 0 Å². The highest BCUT2D eigenvalue weighted by atomic mass is 32.2. The zero-order valence-electron chi connectivity index (χ0n) is 11.2. The first-order chi connectivity index (χ1) is 8.69. The minimum Gasteiger partial charge on any atom is -0.383 e. The monoisotopic (exact) mass is 267 g/mol. The summed E-state index contributed by atoms with van der Waals surface area (Å²) in [5.74, 6) is 1.01. The van der Waals surface area contributed by atoms with Gasteiger partial charge >= 0.3 is 0 Å². The summed E-state index contributed by atoms with van der Waals surface area (Å²) in [5, 5.41) is 6.16. The standard InChI is InChI=1S/C13H21N3OS/c1-4-15-12-9-14-7-5-11(12)13(17)16-10(2)6-8-18-3/h5,7,9-10,15H,4,6,8H2,1-3H3,(H,16,17). The molecule has 0 aliphatic heterocycles. The van der Waals surface area contributed by atoms with E-state index in [1.54, 1.807) is 30.2 Å². The number of rotatable bonds is 7. The minimum absolute atomic E-state index is 0.0399. The molecule has 1 aromatic heterocycles. The van der Waals surface area contributed by atoms with E-state index in [-0.39, 0.29) is 11.9 Å². The van der Waals surface area contributed by atoms with Gasteiger partial charge in [0.1, 0.15) is 0 Å². The van der Waals surface area contributed by atoms with Gasteiger partial charge in [-0.1, -0.05) is 0 Å². The van der Waals surface area contributed by atoms with Gasteiger partial charge < -0.3 is 10.6 Å². The Kier molecular flexibility index (Phi) is 6.57. The van der Waals surface area contributed by atoms with E-state index in [1.165, 1.54) is 0 Å². The first-order valence-corrected chi connectivity index (χ1v) is 7.56. The number of pyridine rings is 1. The second-order valence-corrected chi connectivity index (χ2v) is 5.09. The highest BCUT2D eigenvalue weighted by molar-refractivity contribution is 7.98. The Labute approximate surface area is 113 Å². The fourth-order valence-corrected chi connectivity index (χ4v) is 2.18. The molecule has 0 radical (unpaired) electrons. The molecule has 0 fully saturated rings. The van der Waals surface area contributed by atoms with Crippen molar-refractivity contribution in [1.29, 1.82) is 0 Å². The van der Waals surface area contributed by atoms with Crippen molar-refractivity contribution >= 4 is 23.4 Å². The lowest BCUT2D eigenvalue weighted by molar-refractivity contribution is 0.0940. The highest BCUT2D eigenvalue weighted by Gasteiger charge is 2.13. The largest absolute Gasteiger partial charge is 0.383 e. The molecule has 1 aromatic rings. The van der Waals surface area contributed by atoms with Crippen LogP contribution in [-0.2, 0) is 0 Å². The second kappa shape index (κ2) is 7.97. The summed E-state index contributed by atoms with van der Waals surface area (Å²) in [7, 11) is 0. The predicted octanol–water partition coefficient (Wildman–Crippen LogP) is 2.38. The maximum absolute atomic E-state index is 12.1. The van der Waals surface area contributed by atoms with E-state index in [0.29, 0.717) is 5.56 Å². The van der Waals surface area contributed by atoms with Crippen molar-refractivity contribution in [3.8, 4) is 0 Å². The number of thioether (sulfide) groups is 1. The van der Waals surface area contributed by atoms with Crippen LogP contribution < -0.4 is 10.6 Å². The molecule has 1 rings (SSSR count). The SMILES string of the molecule is CCNc1cnccc1C(=O)NC(C)CCSC. The first kappa shape index (κ1) is 14.8. The van der Waals surface area contributed by atoms with Crippen LogP contribution in [0.4, 0.5) is 5.69 Å². The lowest BCUT2D eigenvalue weighted by atomic mass is 10.2. The smallest absolute Gasteiger partial charge is 0.253 e. The average molecular weight is 267 g/mol. The molecule has 0 aromatic carbocycles. The Morgan fingerprint density at radius 1 is 1.56 bits per heavy atom. The van der Waals surface area contributed by atoms with Crippen LogP contribution in [0, 0.1) is 0 Å². The fourth-order valence-electron chi connectivity index (χ4n) is 1.59. The third kappa shape index (κ3) is 4.56. The molecule has 1 atom stereocenters. The zero-order valence-corrected chi connectivity index (χ0v) is 12.0. The van der Waals surface area contributed by atoms with Crippen LogP contribution in [0.15, 0.2) is 18.5 Å². The molecule has 0 aliphatic carbocycles. The molecule has 2 N–H and O–H groups in total. The van der Waals surface area contributed by atoms with Crippen molar-refractivity contribution in [2.45, 2.75) is 26.3 Å². The van der Waals surface area contributed by atoms with Crippen LogP contribution >= 0.6 is 11.8 Å². The molecule has 5 heteroatoms. The number of carbonyl (C=O) groups is 1. The van der Waals surface area contributed by atoms with E-state index in [9.17, 15) is 4.79 Å². The molecular formula is C13H21N3OS. The van der Waals surface area contributed by atoms with Crippen molar-refractivity contribution in [1.82, 2.24) is 10.3 Å². The number of anilines is 1. The molecule has 0 spiro atoms. The lowest BCUT2D eigenvalue weighted by Crippen LogP contribution is -2.33. The molecule has 1 heterocycles. The van der Waals surface area contributed by atoms with E-state index in [1.807, 2.05) is 13.8 Å². The number of nitrogens with one attached hydrogen (secondary N) is 2. The summed E-state index contributed by atoms with van der Waals surface area (Å²) in [6.07, 6.45) is 6.38. The third-order valence-corrected chi connectivity index (χ3v) is 3.21. The van der Waals surface area contributed by atoms with E-state index in [4.69, 9.17) is 0 Å². The Bertz CT molecular complexity index is 384. The molecule has 4 nitrogen and oxygen atoms in total. The van der Waals surface area contributed by atoms with Crippen LogP contribution in [0.3, 0.4) is 0 Å².